The van der Waals surface area contributed by atoms with Gasteiger partial charge in [-0.15, -0.1) is 0 Å². The number of H-pyrrole nitrogens is 1. The number of aromatic amines is 1. The highest BCUT2D eigenvalue weighted by Crippen LogP contribution is 2.23. The van der Waals surface area contributed by atoms with Crippen molar-refractivity contribution in [3.05, 3.63) is 101 Å². The highest BCUT2D eigenvalue weighted by molar-refractivity contribution is 7.89. The molecule has 0 aliphatic rings. The Labute approximate surface area is 184 Å². The Hall–Kier alpha value is -2.74. The van der Waals surface area contributed by atoms with E-state index in [0.717, 1.165) is 28.8 Å². The van der Waals surface area contributed by atoms with Gasteiger partial charge < -0.3 is 4.98 Å². The van der Waals surface area contributed by atoms with Crippen LogP contribution in [0.25, 0.3) is 10.9 Å². The van der Waals surface area contributed by atoms with Crippen LogP contribution in [-0.4, -0.2) is 24.3 Å². The summed E-state index contributed by atoms with van der Waals surface area (Å²) >= 11 is 5.94. The molecule has 0 bridgehead atoms. The van der Waals surface area contributed by atoms with Crippen molar-refractivity contribution >= 4 is 32.5 Å². The van der Waals surface area contributed by atoms with E-state index in [1.165, 1.54) is 28.6 Å². The Balaban J connectivity index is 1.64. The van der Waals surface area contributed by atoms with E-state index in [2.05, 4.69) is 4.98 Å². The normalized spacial score (nSPS) is 12.0. The molecule has 8 heteroatoms. The number of benzene rings is 3. The number of hydrogen-bond acceptors (Lipinski definition) is 2. The van der Waals surface area contributed by atoms with Gasteiger partial charge in [-0.1, -0.05) is 23.7 Å². The quantitative estimate of drug-likeness (QED) is 0.394. The molecule has 0 aliphatic heterocycles. The standard InChI is InChI=1S/C23H19ClF2N2O2S/c24-18-3-1-16(2-4-18)15-28(31(29,30)21-8-5-19(25)6-9-21)12-11-17-14-27-23-10-7-20(26)13-22(17)23/h1-10,13-14,27H,11-12,15H2. The molecule has 3 aromatic carbocycles. The molecule has 1 N–H and O–H groups in total. The highest BCUT2D eigenvalue weighted by atomic mass is 35.5. The third-order valence-electron chi connectivity index (χ3n) is 5.08. The van der Waals surface area contributed by atoms with Crippen LogP contribution in [0.5, 0.6) is 0 Å². The van der Waals surface area contributed by atoms with Crippen LogP contribution >= 0.6 is 11.6 Å². The van der Waals surface area contributed by atoms with Crippen LogP contribution in [0, 0.1) is 11.6 Å². The number of rotatable bonds is 7. The van der Waals surface area contributed by atoms with Gasteiger partial charge in [0.25, 0.3) is 0 Å². The fourth-order valence-corrected chi connectivity index (χ4v) is 4.99. The maximum atomic E-state index is 13.7. The Morgan fingerprint density at radius 2 is 1.58 bits per heavy atom. The maximum absolute atomic E-state index is 13.7. The van der Waals surface area contributed by atoms with Crippen molar-refractivity contribution in [1.29, 1.82) is 0 Å². The molecule has 1 aromatic heterocycles. The van der Waals surface area contributed by atoms with Gasteiger partial charge in [0.1, 0.15) is 11.6 Å². The molecule has 1 heterocycles. The minimum absolute atomic E-state index is 0.00725. The summed E-state index contributed by atoms with van der Waals surface area (Å²) in [6.45, 7) is 0.277. The van der Waals surface area contributed by atoms with E-state index in [9.17, 15) is 17.2 Å². The van der Waals surface area contributed by atoms with E-state index in [1.807, 2.05) is 0 Å². The number of fused-ring (bicyclic) bond motifs is 1. The van der Waals surface area contributed by atoms with Crippen molar-refractivity contribution in [2.45, 2.75) is 17.9 Å². The predicted molar refractivity (Wildman–Crippen MR) is 117 cm³/mol. The Kier molecular flexibility index (Phi) is 6.09. The largest absolute Gasteiger partial charge is 0.361 e. The van der Waals surface area contributed by atoms with E-state index >= 15 is 0 Å². The first kappa shape index (κ1) is 21.5. The zero-order valence-corrected chi connectivity index (χ0v) is 17.9. The topological polar surface area (TPSA) is 53.2 Å². The monoisotopic (exact) mass is 460 g/mol. The number of halogens is 3. The third-order valence-corrected chi connectivity index (χ3v) is 7.19. The second-order valence-corrected chi connectivity index (χ2v) is 9.55. The molecule has 0 unspecified atom stereocenters. The van der Waals surface area contributed by atoms with Gasteiger partial charge in [-0.05, 0) is 72.1 Å². The summed E-state index contributed by atoms with van der Waals surface area (Å²) in [6.07, 6.45) is 2.13. The first-order chi connectivity index (χ1) is 14.8. The molecule has 0 saturated heterocycles. The molecule has 0 atom stereocenters. The summed E-state index contributed by atoms with van der Waals surface area (Å²) in [5.74, 6) is -0.866. The first-order valence-corrected chi connectivity index (χ1v) is 11.4. The minimum Gasteiger partial charge on any atom is -0.361 e. The Morgan fingerprint density at radius 1 is 0.903 bits per heavy atom. The van der Waals surface area contributed by atoms with Gasteiger partial charge in [-0.2, -0.15) is 4.31 Å². The molecule has 0 amide bonds. The number of nitrogens with zero attached hydrogens (tertiary/aromatic N) is 1. The molecule has 4 aromatic rings. The van der Waals surface area contributed by atoms with Crippen LogP contribution in [0.2, 0.25) is 5.02 Å². The summed E-state index contributed by atoms with van der Waals surface area (Å²) in [4.78, 5) is 3.09. The van der Waals surface area contributed by atoms with E-state index in [-0.39, 0.29) is 23.8 Å². The van der Waals surface area contributed by atoms with Crippen LogP contribution in [0.1, 0.15) is 11.1 Å². The van der Waals surface area contributed by atoms with Gasteiger partial charge >= 0.3 is 0 Å². The molecular weight excluding hydrogens is 442 g/mol. The molecule has 4 nitrogen and oxygen atoms in total. The number of nitrogens with one attached hydrogen (secondary N) is 1. The molecule has 4 rings (SSSR count). The number of sulfonamides is 1. The molecule has 0 aliphatic carbocycles. The van der Waals surface area contributed by atoms with Crippen molar-refractivity contribution < 1.29 is 17.2 Å². The van der Waals surface area contributed by atoms with Crippen molar-refractivity contribution in [2.75, 3.05) is 6.54 Å². The highest BCUT2D eigenvalue weighted by Gasteiger charge is 2.25. The minimum atomic E-state index is -3.89. The van der Waals surface area contributed by atoms with Crippen LogP contribution < -0.4 is 0 Å². The Morgan fingerprint density at radius 3 is 2.29 bits per heavy atom. The number of hydrogen-bond donors (Lipinski definition) is 1. The lowest BCUT2D eigenvalue weighted by Gasteiger charge is -2.22. The smallest absolute Gasteiger partial charge is 0.243 e. The second-order valence-electron chi connectivity index (χ2n) is 7.17. The van der Waals surface area contributed by atoms with E-state index < -0.39 is 15.8 Å². The summed E-state index contributed by atoms with van der Waals surface area (Å²) < 4.78 is 55.0. The zero-order valence-electron chi connectivity index (χ0n) is 16.4. The molecule has 31 heavy (non-hydrogen) atoms. The summed E-state index contributed by atoms with van der Waals surface area (Å²) in [5.41, 5.74) is 2.35. The Bertz CT molecular complexity index is 1300. The maximum Gasteiger partial charge on any atom is 0.243 e. The van der Waals surface area contributed by atoms with Crippen molar-refractivity contribution in [1.82, 2.24) is 9.29 Å². The van der Waals surface area contributed by atoms with E-state index in [4.69, 9.17) is 11.6 Å². The van der Waals surface area contributed by atoms with Crippen molar-refractivity contribution in [2.24, 2.45) is 0 Å². The summed E-state index contributed by atoms with van der Waals surface area (Å²) in [7, 11) is -3.89. The van der Waals surface area contributed by atoms with Gasteiger partial charge in [-0.25, -0.2) is 17.2 Å². The van der Waals surface area contributed by atoms with Crippen LogP contribution in [-0.2, 0) is 23.0 Å². The van der Waals surface area contributed by atoms with Crippen LogP contribution in [0.15, 0.2) is 77.8 Å². The predicted octanol–water partition coefficient (Wildman–Crippen LogP) is 5.53. The van der Waals surface area contributed by atoms with Gasteiger partial charge in [0.15, 0.2) is 0 Å². The third kappa shape index (κ3) is 4.79. The fraction of sp³-hybridized carbons (Fsp3) is 0.130. The zero-order chi connectivity index (χ0) is 22.0. The lowest BCUT2D eigenvalue weighted by molar-refractivity contribution is 0.409. The van der Waals surface area contributed by atoms with Gasteiger partial charge in [0.05, 0.1) is 4.90 Å². The molecule has 0 saturated carbocycles. The van der Waals surface area contributed by atoms with Gasteiger partial charge in [0.2, 0.25) is 10.0 Å². The van der Waals surface area contributed by atoms with Crippen molar-refractivity contribution in [3.8, 4) is 0 Å². The van der Waals surface area contributed by atoms with Crippen molar-refractivity contribution in [3.63, 3.8) is 0 Å². The molecule has 160 valence electrons. The molecular formula is C23H19ClF2N2O2S. The summed E-state index contributed by atoms with van der Waals surface area (Å²) in [5, 5.41) is 1.27. The lowest BCUT2D eigenvalue weighted by Crippen LogP contribution is -2.32. The number of aromatic nitrogens is 1. The second kappa shape index (κ2) is 8.78. The SMILES string of the molecule is O=S(=O)(c1ccc(F)cc1)N(CCc1c[nH]c2ccc(F)cc12)Cc1ccc(Cl)cc1. The van der Waals surface area contributed by atoms with E-state index in [0.29, 0.717) is 16.8 Å². The van der Waals surface area contributed by atoms with E-state index in [1.54, 1.807) is 36.5 Å². The van der Waals surface area contributed by atoms with Crippen LogP contribution in [0.4, 0.5) is 8.78 Å². The molecule has 0 spiro atoms. The average Bonchev–Trinajstić information content (AvgIpc) is 3.14. The lowest BCUT2D eigenvalue weighted by atomic mass is 10.1. The summed E-state index contributed by atoms with van der Waals surface area (Å²) in [6, 6.07) is 16.1. The molecule has 0 fully saturated rings. The fourth-order valence-electron chi connectivity index (χ4n) is 3.44. The van der Waals surface area contributed by atoms with Crippen LogP contribution in [0.3, 0.4) is 0 Å². The average molecular weight is 461 g/mol. The first-order valence-electron chi connectivity index (χ1n) is 9.58. The molecule has 0 radical (unpaired) electrons. The van der Waals surface area contributed by atoms with Gasteiger partial charge in [0, 0.05) is 35.2 Å². The van der Waals surface area contributed by atoms with Gasteiger partial charge in [-0.3, -0.25) is 0 Å².